The molecule has 0 aliphatic rings. The van der Waals surface area contributed by atoms with Crippen LogP contribution >= 0.6 is 0 Å². The maximum atomic E-state index is 14.7. The fraction of sp³-hybridized carbons (Fsp3) is 0.308. The summed E-state index contributed by atoms with van der Waals surface area (Å²) >= 11 is 0. The van der Waals surface area contributed by atoms with Crippen molar-refractivity contribution in [3.63, 3.8) is 0 Å². The summed E-state index contributed by atoms with van der Waals surface area (Å²) in [5, 5.41) is 9.38. The van der Waals surface area contributed by atoms with Crippen LogP contribution in [0.1, 0.15) is 51.0 Å². The molecule has 0 spiro atoms. The fourth-order valence-electron chi connectivity index (χ4n) is 3.60. The summed E-state index contributed by atoms with van der Waals surface area (Å²) < 4.78 is 29.4. The van der Waals surface area contributed by atoms with Crippen molar-refractivity contribution in [1.82, 2.24) is 0 Å². The number of phenolic OH excluding ortho intramolecular Hbond substituents is 1. The zero-order valence-corrected chi connectivity index (χ0v) is 16.9. The molecular formula is C26H28F2O. The number of rotatable bonds is 9. The molecule has 3 aromatic rings. The van der Waals surface area contributed by atoms with E-state index in [2.05, 4.69) is 6.92 Å². The van der Waals surface area contributed by atoms with E-state index in [1.165, 1.54) is 49.8 Å². The van der Waals surface area contributed by atoms with Gasteiger partial charge in [0.25, 0.3) is 0 Å². The van der Waals surface area contributed by atoms with Crippen molar-refractivity contribution < 1.29 is 13.9 Å². The van der Waals surface area contributed by atoms with Crippen LogP contribution in [0.25, 0.3) is 22.3 Å². The summed E-state index contributed by atoms with van der Waals surface area (Å²) in [6.45, 7) is 2.22. The number of benzene rings is 3. The monoisotopic (exact) mass is 394 g/mol. The van der Waals surface area contributed by atoms with E-state index in [9.17, 15) is 13.9 Å². The smallest absolute Gasteiger partial charge is 0.167 e. The first-order valence-corrected chi connectivity index (χ1v) is 10.5. The zero-order valence-electron chi connectivity index (χ0n) is 16.9. The molecule has 0 atom stereocenters. The van der Waals surface area contributed by atoms with E-state index >= 15 is 0 Å². The molecule has 0 aliphatic carbocycles. The Labute approximate surface area is 172 Å². The standard InChI is InChI=1S/C26H28F2O/c1-2-3-4-5-6-7-8-19-9-11-20(12-10-19)23-17-18-24(26(28)25(23)27)21-13-15-22(29)16-14-21/h9-18,29H,2-8H2,1H3. The number of hydrogen-bond donors (Lipinski definition) is 1. The van der Waals surface area contributed by atoms with Gasteiger partial charge in [-0.1, -0.05) is 87.6 Å². The van der Waals surface area contributed by atoms with E-state index in [-0.39, 0.29) is 16.9 Å². The molecule has 0 aromatic heterocycles. The molecule has 0 unspecified atom stereocenters. The Hall–Kier alpha value is -2.68. The predicted molar refractivity (Wildman–Crippen MR) is 116 cm³/mol. The van der Waals surface area contributed by atoms with Gasteiger partial charge in [0.15, 0.2) is 11.6 Å². The maximum Gasteiger partial charge on any atom is 0.167 e. The molecule has 0 amide bonds. The quantitative estimate of drug-likeness (QED) is 0.366. The van der Waals surface area contributed by atoms with Crippen LogP contribution in [0.5, 0.6) is 5.75 Å². The van der Waals surface area contributed by atoms with E-state index in [1.54, 1.807) is 24.3 Å². The van der Waals surface area contributed by atoms with Crippen molar-refractivity contribution in [1.29, 1.82) is 0 Å². The van der Waals surface area contributed by atoms with E-state index in [0.29, 0.717) is 11.1 Å². The van der Waals surface area contributed by atoms with Crippen LogP contribution in [-0.2, 0) is 6.42 Å². The van der Waals surface area contributed by atoms with Gasteiger partial charge in [0.2, 0.25) is 0 Å². The molecule has 0 fully saturated rings. The fourth-order valence-corrected chi connectivity index (χ4v) is 3.60. The third kappa shape index (κ3) is 5.44. The van der Waals surface area contributed by atoms with Crippen LogP contribution in [0.3, 0.4) is 0 Å². The van der Waals surface area contributed by atoms with Crippen LogP contribution in [-0.4, -0.2) is 5.11 Å². The van der Waals surface area contributed by atoms with Gasteiger partial charge in [-0.2, -0.15) is 0 Å². The van der Waals surface area contributed by atoms with Crippen molar-refractivity contribution in [2.24, 2.45) is 0 Å². The highest BCUT2D eigenvalue weighted by molar-refractivity contribution is 5.72. The van der Waals surface area contributed by atoms with Crippen LogP contribution < -0.4 is 0 Å². The molecule has 3 heteroatoms. The Morgan fingerprint density at radius 3 is 1.66 bits per heavy atom. The Kier molecular flexibility index (Phi) is 7.40. The molecule has 1 N–H and O–H groups in total. The molecule has 0 saturated heterocycles. The minimum Gasteiger partial charge on any atom is -0.508 e. The van der Waals surface area contributed by atoms with Crippen molar-refractivity contribution in [3.05, 3.63) is 77.9 Å². The topological polar surface area (TPSA) is 20.2 Å². The third-order valence-electron chi connectivity index (χ3n) is 5.34. The van der Waals surface area contributed by atoms with Crippen LogP contribution in [0.4, 0.5) is 8.78 Å². The number of aromatic hydroxyl groups is 1. The summed E-state index contributed by atoms with van der Waals surface area (Å²) in [5.74, 6) is -1.63. The summed E-state index contributed by atoms with van der Waals surface area (Å²) in [6.07, 6.45) is 8.57. The van der Waals surface area contributed by atoms with Crippen LogP contribution in [0, 0.1) is 11.6 Å². The van der Waals surface area contributed by atoms with Gasteiger partial charge in [-0.15, -0.1) is 0 Å². The van der Waals surface area contributed by atoms with Gasteiger partial charge in [0, 0.05) is 11.1 Å². The summed E-state index contributed by atoms with van der Waals surface area (Å²) in [6, 6.07) is 17.0. The van der Waals surface area contributed by atoms with Gasteiger partial charge in [0.1, 0.15) is 5.75 Å². The lowest BCUT2D eigenvalue weighted by atomic mass is 9.97. The van der Waals surface area contributed by atoms with Gasteiger partial charge in [0.05, 0.1) is 0 Å². The van der Waals surface area contributed by atoms with Gasteiger partial charge >= 0.3 is 0 Å². The molecule has 0 saturated carbocycles. The number of phenols is 1. The van der Waals surface area contributed by atoms with Crippen molar-refractivity contribution in [2.45, 2.75) is 51.9 Å². The molecule has 152 valence electrons. The molecule has 3 aromatic carbocycles. The second-order valence-electron chi connectivity index (χ2n) is 7.55. The van der Waals surface area contributed by atoms with E-state index in [1.807, 2.05) is 24.3 Å². The number of unbranched alkanes of at least 4 members (excludes halogenated alkanes) is 5. The first-order valence-electron chi connectivity index (χ1n) is 10.5. The lowest BCUT2D eigenvalue weighted by Crippen LogP contribution is -1.94. The molecule has 3 rings (SSSR count). The second-order valence-corrected chi connectivity index (χ2v) is 7.55. The SMILES string of the molecule is CCCCCCCCc1ccc(-c2ccc(-c3ccc(O)cc3)c(F)c2F)cc1. The van der Waals surface area contributed by atoms with Crippen molar-refractivity contribution in [2.75, 3.05) is 0 Å². The molecule has 29 heavy (non-hydrogen) atoms. The molecule has 0 radical (unpaired) electrons. The first kappa shape index (κ1) is 21.0. The van der Waals surface area contributed by atoms with Crippen LogP contribution in [0.15, 0.2) is 60.7 Å². The molecule has 0 heterocycles. The van der Waals surface area contributed by atoms with E-state index in [4.69, 9.17) is 0 Å². The Bertz CT molecular complexity index is 915. The maximum absolute atomic E-state index is 14.7. The Balaban J connectivity index is 1.69. The third-order valence-corrected chi connectivity index (χ3v) is 5.34. The summed E-state index contributed by atoms with van der Waals surface area (Å²) in [5.41, 5.74) is 2.87. The zero-order chi connectivity index (χ0) is 20.6. The second kappa shape index (κ2) is 10.2. The molecule has 0 bridgehead atoms. The average molecular weight is 395 g/mol. The first-order chi connectivity index (χ1) is 14.1. The van der Waals surface area contributed by atoms with Crippen molar-refractivity contribution in [3.8, 4) is 28.0 Å². The minimum absolute atomic E-state index is 0.0901. The number of aryl methyl sites for hydroxylation is 1. The number of hydrogen-bond acceptors (Lipinski definition) is 1. The highest BCUT2D eigenvalue weighted by Gasteiger charge is 2.16. The minimum atomic E-state index is -0.871. The van der Waals surface area contributed by atoms with Gasteiger partial charge in [-0.25, -0.2) is 8.78 Å². The van der Waals surface area contributed by atoms with Crippen molar-refractivity contribution >= 4 is 0 Å². The lowest BCUT2D eigenvalue weighted by molar-refractivity contribution is 0.475. The Morgan fingerprint density at radius 2 is 1.10 bits per heavy atom. The van der Waals surface area contributed by atoms with Crippen LogP contribution in [0.2, 0.25) is 0 Å². The molecular weight excluding hydrogens is 366 g/mol. The predicted octanol–water partition coefficient (Wildman–Crippen LogP) is 7.91. The highest BCUT2D eigenvalue weighted by atomic mass is 19.2. The summed E-state index contributed by atoms with van der Waals surface area (Å²) in [7, 11) is 0. The molecule has 0 aliphatic heterocycles. The van der Waals surface area contributed by atoms with Gasteiger partial charge in [-0.3, -0.25) is 0 Å². The summed E-state index contributed by atoms with van der Waals surface area (Å²) in [4.78, 5) is 0. The number of halogens is 2. The van der Waals surface area contributed by atoms with Gasteiger partial charge < -0.3 is 5.11 Å². The van der Waals surface area contributed by atoms with Gasteiger partial charge in [-0.05, 0) is 41.7 Å². The largest absolute Gasteiger partial charge is 0.508 e. The average Bonchev–Trinajstić information content (AvgIpc) is 2.74. The Morgan fingerprint density at radius 1 is 0.621 bits per heavy atom. The molecule has 1 nitrogen and oxygen atoms in total. The highest BCUT2D eigenvalue weighted by Crippen LogP contribution is 2.32. The van der Waals surface area contributed by atoms with E-state index in [0.717, 1.165) is 12.8 Å². The lowest BCUT2D eigenvalue weighted by Gasteiger charge is -2.10. The van der Waals surface area contributed by atoms with E-state index < -0.39 is 11.6 Å². The normalized spacial score (nSPS) is 11.0.